The van der Waals surface area contributed by atoms with Crippen LogP contribution in [0.2, 0.25) is 0 Å². The summed E-state index contributed by atoms with van der Waals surface area (Å²) in [7, 11) is 0. The largest absolute Gasteiger partial charge is 0.458 e. The zero-order chi connectivity index (χ0) is 13.0. The Morgan fingerprint density at radius 2 is 2.06 bits per heavy atom. The number of aliphatic hydroxyl groups is 2. The van der Waals surface area contributed by atoms with Crippen molar-refractivity contribution in [2.75, 3.05) is 6.61 Å². The minimum atomic E-state index is -0.996. The highest BCUT2D eigenvalue weighted by Gasteiger charge is 2.30. The molecule has 1 aliphatic rings. The lowest BCUT2D eigenvalue weighted by atomic mass is 10.1. The van der Waals surface area contributed by atoms with Crippen molar-refractivity contribution in [1.29, 1.82) is 0 Å². The minimum Gasteiger partial charge on any atom is -0.458 e. The molecule has 2 N–H and O–H groups in total. The molecule has 0 amide bonds. The van der Waals surface area contributed by atoms with Gasteiger partial charge < -0.3 is 19.7 Å². The zero-order valence-corrected chi connectivity index (χ0v) is 9.86. The molecule has 1 saturated heterocycles. The first kappa shape index (κ1) is 13.0. The van der Waals surface area contributed by atoms with Gasteiger partial charge in [-0.1, -0.05) is 18.2 Å². The maximum Gasteiger partial charge on any atom is 0.338 e. The van der Waals surface area contributed by atoms with Crippen LogP contribution in [-0.2, 0) is 9.47 Å². The second-order valence-electron chi connectivity index (χ2n) is 4.26. The predicted octanol–water partition coefficient (Wildman–Crippen LogP) is 0.702. The van der Waals surface area contributed by atoms with Gasteiger partial charge in [0, 0.05) is 12.8 Å². The first-order valence-corrected chi connectivity index (χ1v) is 5.89. The number of aliphatic hydroxyl groups excluding tert-OH is 2. The molecule has 1 fully saturated rings. The Hall–Kier alpha value is -1.43. The number of benzene rings is 1. The summed E-state index contributed by atoms with van der Waals surface area (Å²) in [6.07, 6.45) is -1.29. The summed E-state index contributed by atoms with van der Waals surface area (Å²) >= 11 is 0. The molecule has 1 aliphatic heterocycles. The quantitative estimate of drug-likeness (QED) is 0.774. The molecule has 1 aromatic rings. The van der Waals surface area contributed by atoms with Gasteiger partial charge in [-0.3, -0.25) is 0 Å². The molecular weight excluding hydrogens is 236 g/mol. The van der Waals surface area contributed by atoms with Crippen LogP contribution < -0.4 is 0 Å². The number of rotatable bonds is 3. The molecule has 0 bridgehead atoms. The number of carbonyl (C=O) groups is 1. The third-order valence-corrected chi connectivity index (χ3v) is 2.83. The predicted molar refractivity (Wildman–Crippen MR) is 62.8 cm³/mol. The van der Waals surface area contributed by atoms with Gasteiger partial charge in [0.25, 0.3) is 0 Å². The maximum absolute atomic E-state index is 11.8. The van der Waals surface area contributed by atoms with Gasteiger partial charge in [-0.15, -0.1) is 0 Å². The molecule has 0 spiro atoms. The highest BCUT2D eigenvalue weighted by atomic mass is 16.6. The molecule has 3 atom stereocenters. The molecule has 0 unspecified atom stereocenters. The number of hydrogen-bond donors (Lipinski definition) is 2. The molecule has 5 heteroatoms. The summed E-state index contributed by atoms with van der Waals surface area (Å²) in [4.78, 5) is 11.8. The summed E-state index contributed by atoms with van der Waals surface area (Å²) in [5.41, 5.74) is 0.471. The van der Waals surface area contributed by atoms with Crippen molar-refractivity contribution in [1.82, 2.24) is 0 Å². The van der Waals surface area contributed by atoms with Gasteiger partial charge >= 0.3 is 5.97 Å². The fourth-order valence-electron chi connectivity index (χ4n) is 1.96. The molecule has 2 rings (SSSR count). The van der Waals surface area contributed by atoms with E-state index in [1.165, 1.54) is 0 Å². The summed E-state index contributed by atoms with van der Waals surface area (Å²) in [5.74, 6) is -0.425. The number of carbonyl (C=O) groups excluding carboxylic acids is 1. The third kappa shape index (κ3) is 3.29. The summed E-state index contributed by atoms with van der Waals surface area (Å²) in [6.45, 7) is -0.198. The van der Waals surface area contributed by atoms with Crippen molar-refractivity contribution in [3.8, 4) is 0 Å². The van der Waals surface area contributed by atoms with Gasteiger partial charge in [0.1, 0.15) is 6.10 Å². The van der Waals surface area contributed by atoms with E-state index in [1.807, 2.05) is 6.07 Å². The second-order valence-corrected chi connectivity index (χ2v) is 4.26. The van der Waals surface area contributed by atoms with E-state index in [0.29, 0.717) is 12.0 Å². The first-order chi connectivity index (χ1) is 8.69. The van der Waals surface area contributed by atoms with Crippen LogP contribution in [0.25, 0.3) is 0 Å². The van der Waals surface area contributed by atoms with E-state index in [4.69, 9.17) is 14.6 Å². The summed E-state index contributed by atoms with van der Waals surface area (Å²) in [5, 5.41) is 18.4. The zero-order valence-electron chi connectivity index (χ0n) is 9.86. The van der Waals surface area contributed by atoms with E-state index < -0.39 is 24.5 Å². The third-order valence-electron chi connectivity index (χ3n) is 2.83. The molecule has 0 aromatic heterocycles. The Labute approximate surface area is 105 Å². The Morgan fingerprint density at radius 3 is 2.72 bits per heavy atom. The monoisotopic (exact) mass is 252 g/mol. The molecule has 1 heterocycles. The van der Waals surface area contributed by atoms with E-state index >= 15 is 0 Å². The van der Waals surface area contributed by atoms with Crippen LogP contribution in [0.3, 0.4) is 0 Å². The maximum atomic E-state index is 11.8. The molecule has 0 aliphatic carbocycles. The van der Waals surface area contributed by atoms with Crippen LogP contribution in [0.1, 0.15) is 23.2 Å². The van der Waals surface area contributed by atoms with E-state index in [-0.39, 0.29) is 13.0 Å². The molecule has 0 radical (unpaired) electrons. The van der Waals surface area contributed by atoms with Crippen molar-refractivity contribution in [3.63, 3.8) is 0 Å². The molecule has 18 heavy (non-hydrogen) atoms. The van der Waals surface area contributed by atoms with Crippen molar-refractivity contribution < 1.29 is 24.5 Å². The van der Waals surface area contributed by atoms with Gasteiger partial charge in [0.15, 0.2) is 6.29 Å². The first-order valence-electron chi connectivity index (χ1n) is 5.89. The molecule has 5 nitrogen and oxygen atoms in total. The lowest BCUT2D eigenvalue weighted by Gasteiger charge is -2.31. The summed E-state index contributed by atoms with van der Waals surface area (Å²) < 4.78 is 10.4. The average molecular weight is 252 g/mol. The Bertz CT molecular complexity index is 392. The van der Waals surface area contributed by atoms with Gasteiger partial charge in [-0.2, -0.15) is 0 Å². The Kier molecular flexibility index (Phi) is 4.30. The van der Waals surface area contributed by atoms with E-state index in [2.05, 4.69) is 0 Å². The van der Waals surface area contributed by atoms with Crippen LogP contribution in [0.5, 0.6) is 0 Å². The van der Waals surface area contributed by atoms with Gasteiger partial charge in [0.05, 0.1) is 18.3 Å². The lowest BCUT2D eigenvalue weighted by molar-refractivity contribution is -0.197. The molecule has 1 aromatic carbocycles. The van der Waals surface area contributed by atoms with Crippen LogP contribution in [0.4, 0.5) is 0 Å². The lowest BCUT2D eigenvalue weighted by Crippen LogP contribution is -2.39. The number of hydrogen-bond acceptors (Lipinski definition) is 5. The van der Waals surface area contributed by atoms with Crippen LogP contribution in [0, 0.1) is 0 Å². The molecule has 0 saturated carbocycles. The fraction of sp³-hybridized carbons (Fsp3) is 0.462. The normalized spacial score (nSPS) is 27.8. The standard InChI is InChI=1S/C13H16O5/c14-8-11-6-10(7-12(15)17-11)18-13(16)9-4-2-1-3-5-9/h1-5,10-12,14-15H,6-8H2/t10-,11+,12-/m1/s1. The van der Waals surface area contributed by atoms with Crippen molar-refractivity contribution in [2.24, 2.45) is 0 Å². The van der Waals surface area contributed by atoms with Crippen molar-refractivity contribution in [2.45, 2.75) is 31.3 Å². The molecular formula is C13H16O5. The van der Waals surface area contributed by atoms with E-state index in [1.54, 1.807) is 24.3 Å². The number of esters is 1. The smallest absolute Gasteiger partial charge is 0.338 e. The number of ether oxygens (including phenoxy) is 2. The minimum absolute atomic E-state index is 0.198. The van der Waals surface area contributed by atoms with Crippen LogP contribution in [-0.4, -0.2) is 41.3 Å². The van der Waals surface area contributed by atoms with E-state index in [9.17, 15) is 9.90 Å². The van der Waals surface area contributed by atoms with Crippen molar-refractivity contribution in [3.05, 3.63) is 35.9 Å². The highest BCUT2D eigenvalue weighted by molar-refractivity contribution is 5.89. The topological polar surface area (TPSA) is 76.0 Å². The Balaban J connectivity index is 1.95. The highest BCUT2D eigenvalue weighted by Crippen LogP contribution is 2.21. The second kappa shape index (κ2) is 5.95. The fourth-order valence-corrected chi connectivity index (χ4v) is 1.96. The van der Waals surface area contributed by atoms with Crippen LogP contribution in [0.15, 0.2) is 30.3 Å². The summed E-state index contributed by atoms with van der Waals surface area (Å²) in [6, 6.07) is 8.66. The van der Waals surface area contributed by atoms with E-state index in [0.717, 1.165) is 0 Å². The van der Waals surface area contributed by atoms with Gasteiger partial charge in [-0.05, 0) is 12.1 Å². The van der Waals surface area contributed by atoms with Crippen LogP contribution >= 0.6 is 0 Å². The SMILES string of the molecule is O=C(O[C@@H]1C[C@@H](CO)O[C@@H](O)C1)c1ccccc1. The average Bonchev–Trinajstić information content (AvgIpc) is 2.39. The molecule has 98 valence electrons. The van der Waals surface area contributed by atoms with Crippen molar-refractivity contribution >= 4 is 5.97 Å². The Morgan fingerprint density at radius 1 is 1.33 bits per heavy atom. The van der Waals surface area contributed by atoms with Gasteiger partial charge in [0.2, 0.25) is 0 Å². The van der Waals surface area contributed by atoms with Gasteiger partial charge in [-0.25, -0.2) is 4.79 Å².